The maximum Gasteiger partial charge on any atom is 0.409 e. The van der Waals surface area contributed by atoms with Crippen LogP contribution in [0.5, 0.6) is 0 Å². The van der Waals surface area contributed by atoms with Crippen LogP contribution in [0.1, 0.15) is 6.92 Å². The quantitative estimate of drug-likeness (QED) is 0.626. The molecule has 8 nitrogen and oxygen atoms in total. The fraction of sp³-hybridized carbons (Fsp3) is 0.800. The van der Waals surface area contributed by atoms with Gasteiger partial charge in [-0.1, -0.05) is 0 Å². The lowest BCUT2D eigenvalue weighted by Crippen LogP contribution is -2.40. The van der Waals surface area contributed by atoms with E-state index in [0.29, 0.717) is 6.61 Å². The molecule has 18 heavy (non-hydrogen) atoms. The van der Waals surface area contributed by atoms with Gasteiger partial charge in [-0.05, 0) is 21.0 Å². The summed E-state index contributed by atoms with van der Waals surface area (Å²) in [6.45, 7) is 2.11. The van der Waals surface area contributed by atoms with Crippen LogP contribution < -0.4 is 10.6 Å². The van der Waals surface area contributed by atoms with Crippen molar-refractivity contribution in [3.05, 3.63) is 0 Å². The lowest BCUT2D eigenvalue weighted by atomic mass is 10.4. The average Bonchev–Trinajstić information content (AvgIpc) is 2.26. The van der Waals surface area contributed by atoms with Gasteiger partial charge in [0, 0.05) is 7.11 Å². The summed E-state index contributed by atoms with van der Waals surface area (Å²) in [6.07, 6.45) is -1.60. The summed E-state index contributed by atoms with van der Waals surface area (Å²) in [4.78, 5) is 24.0. The predicted octanol–water partition coefficient (Wildman–Crippen LogP) is -0.0497. The minimum atomic E-state index is -0.632. The Hall–Kier alpha value is -1.54. The van der Waals surface area contributed by atoms with Crippen molar-refractivity contribution in [3.8, 4) is 0 Å². The summed E-state index contributed by atoms with van der Waals surface area (Å²) in [6, 6.07) is 0. The zero-order valence-electron chi connectivity index (χ0n) is 11.2. The molecule has 0 spiro atoms. The molecular formula is C10H21N3O5. The molecule has 0 aromatic carbocycles. The van der Waals surface area contributed by atoms with Crippen LogP contribution in [0, 0.1) is 0 Å². The predicted molar refractivity (Wildman–Crippen MR) is 64.0 cm³/mol. The van der Waals surface area contributed by atoms with Gasteiger partial charge in [-0.15, -0.1) is 0 Å². The molecule has 0 aliphatic rings. The molecule has 106 valence electrons. The zero-order chi connectivity index (χ0) is 14.0. The Kier molecular flexibility index (Phi) is 8.67. The molecule has 0 radical (unpaired) electrons. The molecule has 0 aromatic heterocycles. The van der Waals surface area contributed by atoms with Gasteiger partial charge in [0.15, 0.2) is 0 Å². The number of nitrogens with one attached hydrogen (secondary N) is 2. The van der Waals surface area contributed by atoms with E-state index in [1.165, 1.54) is 7.11 Å². The first-order valence-corrected chi connectivity index (χ1v) is 5.44. The second kappa shape index (κ2) is 9.49. The minimum Gasteiger partial charge on any atom is -0.444 e. The Morgan fingerprint density at radius 2 is 1.83 bits per heavy atom. The van der Waals surface area contributed by atoms with E-state index in [1.807, 2.05) is 0 Å². The third-order valence-electron chi connectivity index (χ3n) is 1.63. The number of amides is 2. The second-order valence-electron chi connectivity index (χ2n) is 3.84. The van der Waals surface area contributed by atoms with E-state index in [2.05, 4.69) is 10.6 Å². The van der Waals surface area contributed by atoms with E-state index >= 15 is 0 Å². The summed E-state index contributed by atoms with van der Waals surface area (Å²) in [7, 11) is 5.04. The molecule has 0 saturated heterocycles. The van der Waals surface area contributed by atoms with Crippen LogP contribution in [0.4, 0.5) is 9.59 Å². The lowest BCUT2D eigenvalue weighted by molar-refractivity contribution is 0.0485. The van der Waals surface area contributed by atoms with Crippen LogP contribution in [-0.4, -0.2) is 64.4 Å². The smallest absolute Gasteiger partial charge is 0.409 e. The molecule has 0 rings (SSSR count). The summed E-state index contributed by atoms with van der Waals surface area (Å²) < 4.78 is 14.5. The van der Waals surface area contributed by atoms with Crippen molar-refractivity contribution in [2.45, 2.75) is 13.0 Å². The first-order chi connectivity index (χ1) is 8.45. The van der Waals surface area contributed by atoms with Crippen molar-refractivity contribution in [2.24, 2.45) is 0 Å². The Bertz CT molecular complexity index is 260. The monoisotopic (exact) mass is 263 g/mol. The van der Waals surface area contributed by atoms with Crippen molar-refractivity contribution in [1.29, 1.82) is 0 Å². The van der Waals surface area contributed by atoms with Crippen molar-refractivity contribution >= 4 is 12.2 Å². The molecule has 0 heterocycles. The average molecular weight is 263 g/mol. The van der Waals surface area contributed by atoms with Gasteiger partial charge < -0.3 is 24.8 Å². The molecule has 1 unspecified atom stereocenters. The highest BCUT2D eigenvalue weighted by Gasteiger charge is 2.09. The third-order valence-corrected chi connectivity index (χ3v) is 1.63. The Labute approximate surface area is 107 Å². The van der Waals surface area contributed by atoms with E-state index in [4.69, 9.17) is 14.2 Å². The number of hydrogen-bond donors (Lipinski definition) is 2. The van der Waals surface area contributed by atoms with Crippen LogP contribution in [0.25, 0.3) is 0 Å². The molecule has 2 amide bonds. The number of nitrogens with zero attached hydrogens (tertiary/aromatic N) is 1. The van der Waals surface area contributed by atoms with Crippen LogP contribution in [0.3, 0.4) is 0 Å². The zero-order valence-corrected chi connectivity index (χ0v) is 11.2. The van der Waals surface area contributed by atoms with Gasteiger partial charge >= 0.3 is 12.2 Å². The largest absolute Gasteiger partial charge is 0.444 e. The van der Waals surface area contributed by atoms with Crippen LogP contribution in [0.15, 0.2) is 0 Å². The Morgan fingerprint density at radius 3 is 2.39 bits per heavy atom. The molecule has 0 aromatic rings. The first-order valence-electron chi connectivity index (χ1n) is 5.44. The summed E-state index contributed by atoms with van der Waals surface area (Å²) in [5.74, 6) is 0. The molecule has 0 saturated carbocycles. The standard InChI is InChI=1S/C10H21N3O5/c1-8(5-16-4)18-10(15)12-6-11-9(14)17-7-13(2)3/h8H,5-7H2,1-4H3,(H,11,14)(H,12,15). The molecule has 1 atom stereocenters. The maximum absolute atomic E-state index is 11.2. The Morgan fingerprint density at radius 1 is 1.22 bits per heavy atom. The number of methoxy groups -OCH3 is 1. The SMILES string of the molecule is COCC(C)OC(=O)NCNC(=O)OCN(C)C. The van der Waals surface area contributed by atoms with Crippen LogP contribution in [-0.2, 0) is 14.2 Å². The Balaban J connectivity index is 3.58. The summed E-state index contributed by atoms with van der Waals surface area (Å²) in [5.41, 5.74) is 0. The van der Waals surface area contributed by atoms with E-state index in [-0.39, 0.29) is 19.5 Å². The van der Waals surface area contributed by atoms with Crippen LogP contribution >= 0.6 is 0 Å². The number of hydrogen-bond acceptors (Lipinski definition) is 6. The summed E-state index contributed by atoms with van der Waals surface area (Å²) >= 11 is 0. The van der Waals surface area contributed by atoms with Crippen molar-refractivity contribution < 1.29 is 23.8 Å². The molecule has 2 N–H and O–H groups in total. The highest BCUT2D eigenvalue weighted by molar-refractivity contribution is 5.70. The van der Waals surface area contributed by atoms with Crippen molar-refractivity contribution in [1.82, 2.24) is 15.5 Å². The van der Waals surface area contributed by atoms with Gasteiger partial charge in [-0.3, -0.25) is 4.90 Å². The molecule has 0 aliphatic heterocycles. The first kappa shape index (κ1) is 16.5. The molecule has 0 bridgehead atoms. The van der Waals surface area contributed by atoms with Gasteiger partial charge in [0.1, 0.15) is 12.8 Å². The van der Waals surface area contributed by atoms with Crippen molar-refractivity contribution in [2.75, 3.05) is 41.2 Å². The molecular weight excluding hydrogens is 242 g/mol. The topological polar surface area (TPSA) is 89.1 Å². The molecule has 0 fully saturated rings. The second-order valence-corrected chi connectivity index (χ2v) is 3.84. The van der Waals surface area contributed by atoms with E-state index in [0.717, 1.165) is 0 Å². The van der Waals surface area contributed by atoms with E-state index < -0.39 is 12.2 Å². The summed E-state index contributed by atoms with van der Waals surface area (Å²) in [5, 5.41) is 4.69. The normalized spacial score (nSPS) is 11.8. The number of carbonyl (C=O) groups excluding carboxylic acids is 2. The molecule has 0 aliphatic carbocycles. The highest BCUT2D eigenvalue weighted by Crippen LogP contribution is 1.91. The highest BCUT2D eigenvalue weighted by atomic mass is 16.6. The number of rotatable bonds is 7. The van der Waals surface area contributed by atoms with Crippen molar-refractivity contribution in [3.63, 3.8) is 0 Å². The maximum atomic E-state index is 11.2. The van der Waals surface area contributed by atoms with Crippen LogP contribution in [0.2, 0.25) is 0 Å². The number of ether oxygens (including phenoxy) is 3. The van der Waals surface area contributed by atoms with Gasteiger partial charge in [-0.2, -0.15) is 0 Å². The number of carbonyl (C=O) groups is 2. The van der Waals surface area contributed by atoms with Gasteiger partial charge in [-0.25, -0.2) is 9.59 Å². The third kappa shape index (κ3) is 9.67. The number of alkyl carbamates (subject to hydrolysis) is 2. The van der Waals surface area contributed by atoms with E-state index in [9.17, 15) is 9.59 Å². The van der Waals surface area contributed by atoms with Gasteiger partial charge in [0.05, 0.1) is 13.3 Å². The van der Waals surface area contributed by atoms with E-state index in [1.54, 1.807) is 25.9 Å². The fourth-order valence-electron chi connectivity index (χ4n) is 0.920. The fourth-order valence-corrected chi connectivity index (χ4v) is 0.920. The molecule has 8 heteroatoms. The van der Waals surface area contributed by atoms with Gasteiger partial charge in [0.25, 0.3) is 0 Å². The lowest BCUT2D eigenvalue weighted by Gasteiger charge is -2.14. The van der Waals surface area contributed by atoms with Gasteiger partial charge in [0.2, 0.25) is 0 Å². The minimum absolute atomic E-state index is 0.0647.